The predicted molar refractivity (Wildman–Crippen MR) is 77.8 cm³/mol. The number of nitrogens with zero attached hydrogens (tertiary/aromatic N) is 3. The van der Waals surface area contributed by atoms with Gasteiger partial charge in [-0.15, -0.1) is 0 Å². The zero-order valence-corrected chi connectivity index (χ0v) is 12.1. The molecule has 2 saturated heterocycles. The fraction of sp³-hybridized carbons (Fsp3) is 0.562. The molecule has 0 unspecified atom stereocenters. The summed E-state index contributed by atoms with van der Waals surface area (Å²) in [5, 5.41) is 0. The number of furan rings is 1. The molecule has 0 amide bonds. The quantitative estimate of drug-likeness (QED) is 0.870. The molecule has 2 aromatic heterocycles. The Labute approximate surface area is 124 Å². The van der Waals surface area contributed by atoms with Crippen LogP contribution in [0, 0.1) is 0 Å². The second-order valence-electron chi connectivity index (χ2n) is 6.31. The molecule has 4 rings (SSSR count). The van der Waals surface area contributed by atoms with Crippen LogP contribution in [0.1, 0.15) is 30.9 Å². The molecule has 5 heteroatoms. The van der Waals surface area contributed by atoms with Gasteiger partial charge in [-0.05, 0) is 25.5 Å². The number of piperidine rings is 1. The van der Waals surface area contributed by atoms with E-state index in [1.807, 2.05) is 31.1 Å². The maximum absolute atomic E-state index is 6.25. The summed E-state index contributed by atoms with van der Waals surface area (Å²) in [5.41, 5.74) is 1.27. The first kappa shape index (κ1) is 13.1. The van der Waals surface area contributed by atoms with Crippen molar-refractivity contribution in [2.75, 3.05) is 19.7 Å². The Hall–Kier alpha value is -1.59. The first-order valence-corrected chi connectivity index (χ1v) is 7.68. The summed E-state index contributed by atoms with van der Waals surface area (Å²) in [6.07, 6.45) is 12.8. The van der Waals surface area contributed by atoms with Crippen molar-refractivity contribution >= 4 is 0 Å². The van der Waals surface area contributed by atoms with Crippen LogP contribution in [0.25, 0.3) is 0 Å². The van der Waals surface area contributed by atoms with Crippen LogP contribution in [0.5, 0.6) is 0 Å². The van der Waals surface area contributed by atoms with Crippen molar-refractivity contribution in [2.24, 2.45) is 0 Å². The average molecular weight is 287 g/mol. The minimum atomic E-state index is 0.0247. The number of rotatable bonds is 3. The van der Waals surface area contributed by atoms with E-state index in [4.69, 9.17) is 9.15 Å². The number of ether oxygens (including phenoxy) is 1. The molecule has 2 fully saturated rings. The second kappa shape index (κ2) is 5.31. The predicted octanol–water partition coefficient (Wildman–Crippen LogP) is 2.47. The van der Waals surface area contributed by atoms with Crippen molar-refractivity contribution in [3.63, 3.8) is 0 Å². The van der Waals surface area contributed by atoms with E-state index < -0.39 is 0 Å². The second-order valence-corrected chi connectivity index (χ2v) is 6.31. The molecule has 0 N–H and O–H groups in total. The van der Waals surface area contributed by atoms with E-state index in [2.05, 4.69) is 14.5 Å². The Bertz CT molecular complexity index is 566. The van der Waals surface area contributed by atoms with Gasteiger partial charge in [-0.3, -0.25) is 4.90 Å². The molecular formula is C16H21N3O2. The molecule has 21 heavy (non-hydrogen) atoms. The molecule has 2 aliphatic heterocycles. The van der Waals surface area contributed by atoms with Gasteiger partial charge in [0.2, 0.25) is 0 Å². The minimum absolute atomic E-state index is 0.0247. The zero-order valence-electron chi connectivity index (χ0n) is 12.1. The molecule has 112 valence electrons. The van der Waals surface area contributed by atoms with Crippen LogP contribution in [-0.4, -0.2) is 39.7 Å². The third-order valence-corrected chi connectivity index (χ3v) is 4.74. The standard InChI is InChI=1S/C16H21N3O2/c1-3-16(8-15(11-21-16)19-6-4-17-13-19)12-18(5-1)9-14-2-7-20-10-14/h2,4,6-7,10,13,15H,1,3,5,8-9,11-12H2/t15-,16-/m1/s1. The van der Waals surface area contributed by atoms with Crippen LogP contribution in [0.4, 0.5) is 0 Å². The number of imidazole rings is 1. The molecule has 2 aliphatic rings. The van der Waals surface area contributed by atoms with Crippen molar-refractivity contribution in [2.45, 2.75) is 37.5 Å². The lowest BCUT2D eigenvalue weighted by Crippen LogP contribution is -2.47. The Morgan fingerprint density at radius 1 is 1.43 bits per heavy atom. The first-order chi connectivity index (χ1) is 10.3. The highest BCUT2D eigenvalue weighted by Gasteiger charge is 2.43. The van der Waals surface area contributed by atoms with Crippen LogP contribution in [0.2, 0.25) is 0 Å². The first-order valence-electron chi connectivity index (χ1n) is 7.68. The Kier molecular flexibility index (Phi) is 3.31. The summed E-state index contributed by atoms with van der Waals surface area (Å²) < 4.78 is 13.6. The van der Waals surface area contributed by atoms with E-state index in [0.717, 1.165) is 32.7 Å². The van der Waals surface area contributed by atoms with Crippen LogP contribution >= 0.6 is 0 Å². The number of hydrogen-bond acceptors (Lipinski definition) is 4. The summed E-state index contributed by atoms with van der Waals surface area (Å²) >= 11 is 0. The van der Waals surface area contributed by atoms with Crippen LogP contribution in [-0.2, 0) is 11.3 Å². The maximum Gasteiger partial charge on any atom is 0.0949 e. The molecular weight excluding hydrogens is 266 g/mol. The molecule has 4 heterocycles. The summed E-state index contributed by atoms with van der Waals surface area (Å²) in [4.78, 5) is 6.64. The van der Waals surface area contributed by atoms with Gasteiger partial charge in [0.1, 0.15) is 0 Å². The number of aromatic nitrogens is 2. The van der Waals surface area contributed by atoms with Gasteiger partial charge in [0.05, 0.1) is 37.1 Å². The summed E-state index contributed by atoms with van der Waals surface area (Å²) in [6.45, 7) is 3.92. The van der Waals surface area contributed by atoms with E-state index >= 15 is 0 Å². The highest BCUT2D eigenvalue weighted by atomic mass is 16.5. The topological polar surface area (TPSA) is 43.4 Å². The molecule has 2 atom stereocenters. The smallest absolute Gasteiger partial charge is 0.0949 e. The lowest BCUT2D eigenvalue weighted by molar-refractivity contribution is -0.0535. The molecule has 0 saturated carbocycles. The van der Waals surface area contributed by atoms with E-state index in [0.29, 0.717) is 6.04 Å². The van der Waals surface area contributed by atoms with Crippen molar-refractivity contribution in [3.8, 4) is 0 Å². The monoisotopic (exact) mass is 287 g/mol. The fourth-order valence-electron chi connectivity index (χ4n) is 3.75. The normalized spacial score (nSPS) is 30.2. The van der Waals surface area contributed by atoms with Gasteiger partial charge < -0.3 is 13.7 Å². The van der Waals surface area contributed by atoms with E-state index in [1.165, 1.54) is 18.4 Å². The van der Waals surface area contributed by atoms with Crippen molar-refractivity contribution in [1.29, 1.82) is 0 Å². The minimum Gasteiger partial charge on any atom is -0.472 e. The van der Waals surface area contributed by atoms with Gasteiger partial charge in [0, 0.05) is 37.5 Å². The summed E-state index contributed by atoms with van der Waals surface area (Å²) in [6, 6.07) is 2.48. The molecule has 0 aromatic carbocycles. The molecule has 0 aliphatic carbocycles. The summed E-state index contributed by atoms with van der Waals surface area (Å²) in [5.74, 6) is 0. The van der Waals surface area contributed by atoms with Gasteiger partial charge in [-0.2, -0.15) is 0 Å². The van der Waals surface area contributed by atoms with Gasteiger partial charge in [0.25, 0.3) is 0 Å². The van der Waals surface area contributed by atoms with Crippen molar-refractivity contribution in [1.82, 2.24) is 14.5 Å². The Balaban J connectivity index is 1.43. The number of likely N-dealkylation sites (tertiary alicyclic amines) is 1. The fourth-order valence-corrected chi connectivity index (χ4v) is 3.75. The maximum atomic E-state index is 6.25. The molecule has 2 aromatic rings. The largest absolute Gasteiger partial charge is 0.472 e. The molecule has 1 spiro atoms. The molecule has 0 radical (unpaired) electrons. The van der Waals surface area contributed by atoms with Crippen molar-refractivity contribution < 1.29 is 9.15 Å². The average Bonchev–Trinajstić information content (AvgIpc) is 3.20. The van der Waals surface area contributed by atoms with E-state index in [1.54, 1.807) is 6.26 Å². The molecule has 0 bridgehead atoms. The third kappa shape index (κ3) is 2.63. The zero-order chi connectivity index (χ0) is 14.1. The lowest BCUT2D eigenvalue weighted by atomic mass is 9.88. The third-order valence-electron chi connectivity index (χ3n) is 4.74. The van der Waals surface area contributed by atoms with Gasteiger partial charge in [0.15, 0.2) is 0 Å². The van der Waals surface area contributed by atoms with Gasteiger partial charge >= 0.3 is 0 Å². The lowest BCUT2D eigenvalue weighted by Gasteiger charge is -2.39. The van der Waals surface area contributed by atoms with E-state index in [-0.39, 0.29) is 5.60 Å². The van der Waals surface area contributed by atoms with Crippen LogP contribution in [0.3, 0.4) is 0 Å². The Morgan fingerprint density at radius 3 is 3.24 bits per heavy atom. The summed E-state index contributed by atoms with van der Waals surface area (Å²) in [7, 11) is 0. The van der Waals surface area contributed by atoms with E-state index in [9.17, 15) is 0 Å². The van der Waals surface area contributed by atoms with Crippen LogP contribution in [0.15, 0.2) is 41.7 Å². The van der Waals surface area contributed by atoms with Crippen LogP contribution < -0.4 is 0 Å². The Morgan fingerprint density at radius 2 is 2.43 bits per heavy atom. The van der Waals surface area contributed by atoms with Crippen molar-refractivity contribution in [3.05, 3.63) is 42.9 Å². The van der Waals surface area contributed by atoms with Gasteiger partial charge in [-0.1, -0.05) is 0 Å². The highest BCUT2D eigenvalue weighted by molar-refractivity contribution is 5.06. The SMILES string of the molecule is c1cn([C@H]2CO[C@]3(CCCN(Cc4ccoc4)C3)C2)cn1. The highest BCUT2D eigenvalue weighted by Crippen LogP contribution is 2.39. The van der Waals surface area contributed by atoms with Gasteiger partial charge in [-0.25, -0.2) is 4.98 Å². The number of hydrogen-bond donors (Lipinski definition) is 0. The molecule has 5 nitrogen and oxygen atoms in total.